The van der Waals surface area contributed by atoms with E-state index in [1.807, 2.05) is 13.8 Å². The minimum absolute atomic E-state index is 0.0626. The largest absolute Gasteiger partial charge is 0.493 e. The summed E-state index contributed by atoms with van der Waals surface area (Å²) in [6.45, 7) is 3.81. The van der Waals surface area contributed by atoms with Crippen molar-refractivity contribution in [3.05, 3.63) is 53.6 Å². The molecule has 2 aromatic rings. The lowest BCUT2D eigenvalue weighted by molar-refractivity contribution is -0.138. The van der Waals surface area contributed by atoms with Crippen molar-refractivity contribution in [3.8, 4) is 11.5 Å². The highest BCUT2D eigenvalue weighted by Crippen LogP contribution is 2.34. The number of halogens is 3. The van der Waals surface area contributed by atoms with E-state index in [1.54, 1.807) is 11.0 Å². The normalized spacial score (nSPS) is 12.8. The maximum Gasteiger partial charge on any atom is 0.416 e. The monoisotopic (exact) mass is 489 g/mol. The summed E-state index contributed by atoms with van der Waals surface area (Å²) in [6.07, 6.45) is -4.03. The van der Waals surface area contributed by atoms with Gasteiger partial charge in [0.05, 0.1) is 12.7 Å². The fraction of sp³-hybridized carbons (Fsp3) is 0.409. The Morgan fingerprint density at radius 3 is 2.36 bits per heavy atom. The molecule has 0 N–H and O–H groups in total. The molecule has 0 aromatic heterocycles. The molecule has 1 amide bonds. The van der Waals surface area contributed by atoms with Crippen molar-refractivity contribution in [2.45, 2.75) is 43.9 Å². The Labute approximate surface area is 191 Å². The molecule has 0 fully saturated rings. The molecule has 0 aliphatic heterocycles. The van der Waals surface area contributed by atoms with Crippen molar-refractivity contribution in [2.75, 3.05) is 20.8 Å². The van der Waals surface area contributed by atoms with Gasteiger partial charge in [0.1, 0.15) is 11.5 Å². The molecule has 0 heterocycles. The number of carbonyl (C=O) groups is 1. The zero-order chi connectivity index (χ0) is 24.8. The predicted octanol–water partition coefficient (Wildman–Crippen LogP) is 4.26. The maximum absolute atomic E-state index is 13.0. The number of rotatable bonds is 10. The molecule has 1 atom stereocenters. The van der Waals surface area contributed by atoms with E-state index in [0.29, 0.717) is 18.1 Å². The Bertz CT molecular complexity index is 1070. The van der Waals surface area contributed by atoms with Gasteiger partial charge in [-0.3, -0.25) is 4.79 Å². The summed E-state index contributed by atoms with van der Waals surface area (Å²) in [7, 11) is -1.90. The highest BCUT2D eigenvalue weighted by atomic mass is 32.2. The molecule has 7 nitrogen and oxygen atoms in total. The van der Waals surface area contributed by atoms with Crippen molar-refractivity contribution in [3.63, 3.8) is 0 Å². The van der Waals surface area contributed by atoms with Crippen molar-refractivity contribution in [1.29, 1.82) is 0 Å². The maximum atomic E-state index is 13.0. The summed E-state index contributed by atoms with van der Waals surface area (Å²) in [4.78, 5) is 13.4. The number of ether oxygens (including phenoxy) is 2. The van der Waals surface area contributed by atoms with Crippen LogP contribution in [0.2, 0.25) is 0 Å². The molecule has 0 radical (unpaired) electrons. The van der Waals surface area contributed by atoms with Crippen molar-refractivity contribution >= 4 is 16.0 Å². The van der Waals surface area contributed by atoms with Gasteiger partial charge in [0.2, 0.25) is 5.91 Å². The molecule has 11 heteroatoms. The number of methoxy groups -OCH3 is 2. The van der Waals surface area contributed by atoms with Crippen LogP contribution in [0.15, 0.2) is 47.4 Å². The van der Waals surface area contributed by atoms with Crippen LogP contribution in [-0.4, -0.2) is 46.1 Å². The van der Waals surface area contributed by atoms with Gasteiger partial charge in [-0.15, -0.1) is 0 Å². The Kier molecular flexibility index (Phi) is 8.73. The first-order valence-electron chi connectivity index (χ1n) is 10.00. The standard InChI is InChI=1S/C22H26F3NO6S/c1-5-15(2)26(21(27)14-30-3)13-16-9-10-19(31-4)20(11-16)32-33(28,29)18-8-6-7-17(12-18)22(23,24)25/h6-12,15H,5,13-14H2,1-4H3. The number of amides is 1. The van der Waals surface area contributed by atoms with E-state index >= 15 is 0 Å². The van der Waals surface area contributed by atoms with Gasteiger partial charge in [0.15, 0.2) is 11.5 Å². The van der Waals surface area contributed by atoms with E-state index in [1.165, 1.54) is 26.4 Å². The van der Waals surface area contributed by atoms with E-state index in [9.17, 15) is 26.4 Å². The van der Waals surface area contributed by atoms with Crippen LogP contribution in [-0.2, 0) is 32.4 Å². The van der Waals surface area contributed by atoms with E-state index < -0.39 is 26.8 Å². The van der Waals surface area contributed by atoms with Crippen LogP contribution in [0.5, 0.6) is 11.5 Å². The number of alkyl halides is 3. The lowest BCUT2D eigenvalue weighted by atomic mass is 10.1. The van der Waals surface area contributed by atoms with Crippen LogP contribution in [0.3, 0.4) is 0 Å². The zero-order valence-electron chi connectivity index (χ0n) is 18.7. The van der Waals surface area contributed by atoms with Crippen molar-refractivity contribution in [1.82, 2.24) is 4.90 Å². The fourth-order valence-electron chi connectivity index (χ4n) is 2.99. The van der Waals surface area contributed by atoms with E-state index in [2.05, 4.69) is 0 Å². The average Bonchev–Trinajstić information content (AvgIpc) is 2.76. The van der Waals surface area contributed by atoms with Gasteiger partial charge in [-0.25, -0.2) is 0 Å². The molecule has 0 aliphatic carbocycles. The van der Waals surface area contributed by atoms with Gasteiger partial charge in [-0.1, -0.05) is 19.1 Å². The minimum atomic E-state index is -4.71. The fourth-order valence-corrected chi connectivity index (χ4v) is 3.97. The minimum Gasteiger partial charge on any atom is -0.493 e. The number of hydrogen-bond donors (Lipinski definition) is 0. The summed E-state index contributed by atoms with van der Waals surface area (Å²) in [5.41, 5.74) is -0.580. The van der Waals surface area contributed by atoms with Gasteiger partial charge >= 0.3 is 16.3 Å². The van der Waals surface area contributed by atoms with Gasteiger partial charge in [-0.2, -0.15) is 21.6 Å². The topological polar surface area (TPSA) is 82.1 Å². The summed E-state index contributed by atoms with van der Waals surface area (Å²) in [5.74, 6) is -0.398. The van der Waals surface area contributed by atoms with Gasteiger partial charge in [0.25, 0.3) is 0 Å². The number of nitrogens with zero attached hydrogens (tertiary/aromatic N) is 1. The molecule has 0 bridgehead atoms. The summed E-state index contributed by atoms with van der Waals surface area (Å²) < 4.78 is 79.6. The molecule has 0 saturated heterocycles. The lowest BCUT2D eigenvalue weighted by Gasteiger charge is -2.28. The second-order valence-corrected chi connectivity index (χ2v) is 8.81. The molecule has 1 unspecified atom stereocenters. The van der Waals surface area contributed by atoms with E-state index in [-0.39, 0.29) is 36.6 Å². The second-order valence-electron chi connectivity index (χ2n) is 7.26. The van der Waals surface area contributed by atoms with Crippen LogP contribution in [0.25, 0.3) is 0 Å². The smallest absolute Gasteiger partial charge is 0.416 e. The molecule has 0 saturated carbocycles. The Morgan fingerprint density at radius 1 is 1.09 bits per heavy atom. The van der Waals surface area contributed by atoms with E-state index in [4.69, 9.17) is 13.7 Å². The zero-order valence-corrected chi connectivity index (χ0v) is 19.5. The third-order valence-electron chi connectivity index (χ3n) is 4.94. The van der Waals surface area contributed by atoms with E-state index in [0.717, 1.165) is 18.2 Å². The number of carbonyl (C=O) groups excluding carboxylic acids is 1. The van der Waals surface area contributed by atoms with Crippen LogP contribution < -0.4 is 8.92 Å². The lowest BCUT2D eigenvalue weighted by Crippen LogP contribution is -2.39. The van der Waals surface area contributed by atoms with Gasteiger partial charge < -0.3 is 18.6 Å². The molecule has 33 heavy (non-hydrogen) atoms. The van der Waals surface area contributed by atoms with Crippen LogP contribution in [0.4, 0.5) is 13.2 Å². The summed E-state index contributed by atoms with van der Waals surface area (Å²) in [6, 6.07) is 7.61. The first-order chi connectivity index (χ1) is 15.4. The van der Waals surface area contributed by atoms with Gasteiger partial charge in [0, 0.05) is 19.7 Å². The highest BCUT2D eigenvalue weighted by Gasteiger charge is 2.32. The first kappa shape index (κ1) is 26.5. The highest BCUT2D eigenvalue weighted by molar-refractivity contribution is 7.87. The Morgan fingerprint density at radius 2 is 1.79 bits per heavy atom. The number of benzene rings is 2. The molecule has 2 rings (SSSR count). The van der Waals surface area contributed by atoms with Gasteiger partial charge in [-0.05, 0) is 49.2 Å². The van der Waals surface area contributed by atoms with Crippen LogP contribution in [0, 0.1) is 0 Å². The SMILES string of the molecule is CCC(C)N(Cc1ccc(OC)c(OS(=O)(=O)c2cccc(C(F)(F)F)c2)c1)C(=O)COC. The molecule has 0 aliphatic rings. The third-order valence-corrected chi connectivity index (χ3v) is 6.17. The molecule has 182 valence electrons. The molecular weight excluding hydrogens is 463 g/mol. The number of hydrogen-bond acceptors (Lipinski definition) is 6. The summed E-state index contributed by atoms with van der Waals surface area (Å²) >= 11 is 0. The Hall–Kier alpha value is -2.79. The third kappa shape index (κ3) is 6.84. The quantitative estimate of drug-likeness (QED) is 0.464. The second kappa shape index (κ2) is 10.9. The van der Waals surface area contributed by atoms with Crippen LogP contribution >= 0.6 is 0 Å². The molecular formula is C22H26F3NO6S. The predicted molar refractivity (Wildman–Crippen MR) is 114 cm³/mol. The first-order valence-corrected chi connectivity index (χ1v) is 11.4. The average molecular weight is 490 g/mol. The summed E-state index contributed by atoms with van der Waals surface area (Å²) in [5, 5.41) is 0. The molecule has 0 spiro atoms. The Balaban J connectivity index is 2.39. The van der Waals surface area contributed by atoms with Crippen LogP contribution in [0.1, 0.15) is 31.4 Å². The van der Waals surface area contributed by atoms with Crippen molar-refractivity contribution in [2.24, 2.45) is 0 Å². The van der Waals surface area contributed by atoms with Crippen molar-refractivity contribution < 1.29 is 40.0 Å². The molecule has 2 aromatic carbocycles.